The standard InChI is InChI=1S/C21H14Cl2F6O2/c22-17-9-12(8-14(18(17)23)11-3-4-11)15(20(24,25)26)6-2-10-1-5-13(19(30)31)16(7-10)21(27,28)29/h1-2,5-9,11,15H,3-4H2,(H,30,31)/b6-2+. The number of aromatic carboxylic acids is 1. The third kappa shape index (κ3) is 5.36. The second-order valence-corrected chi connectivity index (χ2v) is 7.95. The van der Waals surface area contributed by atoms with Crippen LogP contribution in [0.25, 0.3) is 6.08 Å². The molecule has 0 spiro atoms. The second kappa shape index (κ2) is 8.39. The van der Waals surface area contributed by atoms with Gasteiger partial charge in [0.1, 0.15) is 0 Å². The first-order valence-corrected chi connectivity index (χ1v) is 9.73. The van der Waals surface area contributed by atoms with E-state index in [1.54, 1.807) is 0 Å². The van der Waals surface area contributed by atoms with Gasteiger partial charge in [0, 0.05) is 0 Å². The number of alkyl halides is 6. The van der Waals surface area contributed by atoms with Crippen molar-refractivity contribution in [1.29, 1.82) is 0 Å². The van der Waals surface area contributed by atoms with Gasteiger partial charge in [0.15, 0.2) is 0 Å². The molecule has 0 amide bonds. The Kier molecular flexibility index (Phi) is 6.35. The first kappa shape index (κ1) is 23.5. The van der Waals surface area contributed by atoms with Gasteiger partial charge in [-0.3, -0.25) is 0 Å². The molecule has 1 aliphatic rings. The molecular weight excluding hydrogens is 469 g/mol. The van der Waals surface area contributed by atoms with Crippen LogP contribution in [0.5, 0.6) is 0 Å². The summed E-state index contributed by atoms with van der Waals surface area (Å²) in [5.41, 5.74) is -2.34. The Morgan fingerprint density at radius 1 is 1.06 bits per heavy atom. The molecule has 0 aliphatic heterocycles. The maximum absolute atomic E-state index is 13.7. The van der Waals surface area contributed by atoms with Crippen LogP contribution in [-0.2, 0) is 6.18 Å². The van der Waals surface area contributed by atoms with Gasteiger partial charge in [0.2, 0.25) is 0 Å². The van der Waals surface area contributed by atoms with Gasteiger partial charge in [-0.1, -0.05) is 47.5 Å². The zero-order valence-corrected chi connectivity index (χ0v) is 17.0. The molecule has 1 N–H and O–H groups in total. The van der Waals surface area contributed by atoms with Crippen LogP contribution in [0.4, 0.5) is 26.3 Å². The molecule has 2 nitrogen and oxygen atoms in total. The Morgan fingerprint density at radius 2 is 1.71 bits per heavy atom. The minimum Gasteiger partial charge on any atom is -0.478 e. The number of allylic oxidation sites excluding steroid dienone is 1. The molecule has 31 heavy (non-hydrogen) atoms. The highest BCUT2D eigenvalue weighted by molar-refractivity contribution is 6.42. The summed E-state index contributed by atoms with van der Waals surface area (Å²) in [7, 11) is 0. The average Bonchev–Trinajstić information content (AvgIpc) is 3.47. The van der Waals surface area contributed by atoms with E-state index in [4.69, 9.17) is 28.3 Å². The molecule has 3 rings (SSSR count). The minimum absolute atomic E-state index is 0.0284. The number of hydrogen-bond donors (Lipinski definition) is 1. The summed E-state index contributed by atoms with van der Waals surface area (Å²) >= 11 is 12.1. The average molecular weight is 483 g/mol. The van der Waals surface area contributed by atoms with Gasteiger partial charge < -0.3 is 5.11 Å². The molecule has 0 aromatic heterocycles. The number of carboxylic acids is 1. The maximum atomic E-state index is 13.7. The fourth-order valence-electron chi connectivity index (χ4n) is 3.21. The van der Waals surface area contributed by atoms with Crippen molar-refractivity contribution >= 4 is 35.2 Å². The van der Waals surface area contributed by atoms with Gasteiger partial charge in [0.05, 0.1) is 27.1 Å². The molecule has 0 bridgehead atoms. The van der Waals surface area contributed by atoms with Crippen LogP contribution >= 0.6 is 23.2 Å². The van der Waals surface area contributed by atoms with Crippen molar-refractivity contribution in [3.05, 3.63) is 74.3 Å². The van der Waals surface area contributed by atoms with Crippen LogP contribution in [0.15, 0.2) is 36.4 Å². The lowest BCUT2D eigenvalue weighted by molar-refractivity contribution is -0.139. The number of hydrogen-bond acceptors (Lipinski definition) is 1. The topological polar surface area (TPSA) is 37.3 Å². The van der Waals surface area contributed by atoms with Crippen molar-refractivity contribution in [2.45, 2.75) is 37.0 Å². The highest BCUT2D eigenvalue weighted by Gasteiger charge is 2.40. The van der Waals surface area contributed by atoms with Gasteiger partial charge in [-0.15, -0.1) is 0 Å². The quantitative estimate of drug-likeness (QED) is 0.439. The van der Waals surface area contributed by atoms with Crippen molar-refractivity contribution in [3.8, 4) is 0 Å². The Balaban J connectivity index is 2.03. The lowest BCUT2D eigenvalue weighted by atomic mass is 9.94. The van der Waals surface area contributed by atoms with Crippen LogP contribution in [0.1, 0.15) is 57.3 Å². The van der Waals surface area contributed by atoms with E-state index in [9.17, 15) is 31.1 Å². The predicted molar refractivity (Wildman–Crippen MR) is 105 cm³/mol. The van der Waals surface area contributed by atoms with Gasteiger partial charge in [-0.05, 0) is 53.6 Å². The van der Waals surface area contributed by atoms with Crippen LogP contribution in [-0.4, -0.2) is 17.3 Å². The van der Waals surface area contributed by atoms with E-state index in [1.807, 2.05) is 0 Å². The highest BCUT2D eigenvalue weighted by Crippen LogP contribution is 2.48. The number of carbonyl (C=O) groups is 1. The number of benzene rings is 2. The van der Waals surface area contributed by atoms with Gasteiger partial charge in [-0.25, -0.2) is 4.79 Å². The van der Waals surface area contributed by atoms with E-state index in [2.05, 4.69) is 0 Å². The molecule has 0 radical (unpaired) electrons. The summed E-state index contributed by atoms with van der Waals surface area (Å²) in [4.78, 5) is 11.0. The molecule has 2 aromatic rings. The molecule has 1 atom stereocenters. The highest BCUT2D eigenvalue weighted by atomic mass is 35.5. The van der Waals surface area contributed by atoms with E-state index >= 15 is 0 Å². The molecule has 166 valence electrons. The number of halogens is 8. The number of carboxylic acid groups (broad SMARTS) is 1. The Bertz CT molecular complexity index is 1040. The van der Waals surface area contributed by atoms with Crippen LogP contribution < -0.4 is 0 Å². The van der Waals surface area contributed by atoms with E-state index in [0.717, 1.165) is 31.1 Å². The van der Waals surface area contributed by atoms with Crippen molar-refractivity contribution in [2.75, 3.05) is 0 Å². The molecule has 0 saturated heterocycles. The van der Waals surface area contributed by atoms with Crippen molar-refractivity contribution in [1.82, 2.24) is 0 Å². The Labute approximate surface area is 183 Å². The molecule has 1 fully saturated rings. The third-order valence-corrected chi connectivity index (χ3v) is 5.68. The van der Waals surface area contributed by atoms with E-state index < -0.39 is 35.4 Å². The SMILES string of the molecule is O=C(O)c1ccc(/C=C/C(c2cc(Cl)c(Cl)c(C3CC3)c2)C(F)(F)F)cc1C(F)(F)F. The second-order valence-electron chi connectivity index (χ2n) is 7.17. The molecule has 1 aliphatic carbocycles. The smallest absolute Gasteiger partial charge is 0.417 e. The normalized spacial score (nSPS) is 16.0. The molecule has 2 aromatic carbocycles. The summed E-state index contributed by atoms with van der Waals surface area (Å²) < 4.78 is 80.7. The fraction of sp³-hybridized carbons (Fsp3) is 0.286. The van der Waals surface area contributed by atoms with E-state index in [1.165, 1.54) is 6.07 Å². The Hall–Kier alpha value is -2.19. The predicted octanol–water partition coefficient (Wildman–Crippen LogP) is 7.95. The summed E-state index contributed by atoms with van der Waals surface area (Å²) in [6.45, 7) is 0. The summed E-state index contributed by atoms with van der Waals surface area (Å²) in [5.74, 6) is -3.91. The lowest BCUT2D eigenvalue weighted by Crippen LogP contribution is -2.19. The first-order valence-electron chi connectivity index (χ1n) is 8.97. The summed E-state index contributed by atoms with van der Waals surface area (Å²) in [5, 5.41) is 9.09. The molecule has 0 heterocycles. The lowest BCUT2D eigenvalue weighted by Gasteiger charge is -2.19. The maximum Gasteiger partial charge on any atom is 0.417 e. The van der Waals surface area contributed by atoms with Crippen LogP contribution in [0.3, 0.4) is 0 Å². The van der Waals surface area contributed by atoms with Crippen molar-refractivity contribution in [3.63, 3.8) is 0 Å². The molecule has 10 heteroatoms. The van der Waals surface area contributed by atoms with Crippen LogP contribution in [0, 0.1) is 0 Å². The zero-order chi connectivity index (χ0) is 23.1. The van der Waals surface area contributed by atoms with Gasteiger partial charge in [0.25, 0.3) is 0 Å². The fourth-order valence-corrected chi connectivity index (χ4v) is 3.70. The molecule has 1 saturated carbocycles. The van der Waals surface area contributed by atoms with Gasteiger partial charge in [-0.2, -0.15) is 26.3 Å². The van der Waals surface area contributed by atoms with E-state index in [-0.39, 0.29) is 27.1 Å². The summed E-state index contributed by atoms with van der Waals surface area (Å²) in [6.07, 6.45) is -6.58. The number of rotatable bonds is 5. The van der Waals surface area contributed by atoms with Crippen molar-refractivity contribution < 1.29 is 36.2 Å². The zero-order valence-electron chi connectivity index (χ0n) is 15.5. The Morgan fingerprint density at radius 3 is 2.23 bits per heavy atom. The molecule has 1 unspecified atom stereocenters. The minimum atomic E-state index is -4.98. The first-order chi connectivity index (χ1) is 14.3. The largest absolute Gasteiger partial charge is 0.478 e. The van der Waals surface area contributed by atoms with Gasteiger partial charge >= 0.3 is 18.3 Å². The van der Waals surface area contributed by atoms with Crippen LogP contribution in [0.2, 0.25) is 10.0 Å². The monoisotopic (exact) mass is 482 g/mol. The van der Waals surface area contributed by atoms with E-state index in [0.29, 0.717) is 23.8 Å². The van der Waals surface area contributed by atoms with Crippen molar-refractivity contribution in [2.24, 2.45) is 0 Å². The third-order valence-electron chi connectivity index (χ3n) is 4.87. The molecular formula is C21H14Cl2F6O2. The summed E-state index contributed by atoms with van der Waals surface area (Å²) in [6, 6.07) is 4.62.